The van der Waals surface area contributed by atoms with Gasteiger partial charge < -0.3 is 9.80 Å². The Morgan fingerprint density at radius 3 is 2.15 bits per heavy atom. The minimum atomic E-state index is 0. The van der Waals surface area contributed by atoms with Gasteiger partial charge in [0.2, 0.25) is 0 Å². The molecule has 0 spiro atoms. The summed E-state index contributed by atoms with van der Waals surface area (Å²) in [7, 11) is 0. The fourth-order valence-corrected chi connectivity index (χ4v) is 4.50. The number of quaternary nitrogens is 1. The molecule has 0 bridgehead atoms. The van der Waals surface area contributed by atoms with E-state index in [1.54, 1.807) is 0 Å². The van der Waals surface area contributed by atoms with Crippen LogP contribution in [0.25, 0.3) is 4.85 Å². The SMILES string of the molecule is [C-]#[N+]c1cc(C)c(NC(=O)C(CCC)[N+]2(CC)CCCCCC2)c(C)c1.[Y]. The average molecular weight is 445 g/mol. The Morgan fingerprint density at radius 2 is 1.70 bits per heavy atom. The normalized spacial score (nSPS) is 17.1. The molecule has 1 aromatic carbocycles. The van der Waals surface area contributed by atoms with E-state index in [1.165, 1.54) is 25.7 Å². The van der Waals surface area contributed by atoms with Crippen LogP contribution in [0.15, 0.2) is 12.1 Å². The number of carbonyl (C=O) groups excluding carboxylic acids is 1. The zero-order valence-electron chi connectivity index (χ0n) is 17.5. The molecular weight excluding hydrogens is 411 g/mol. The molecular formula is C22H34N3OY+. The van der Waals surface area contributed by atoms with Crippen LogP contribution in [-0.2, 0) is 37.5 Å². The van der Waals surface area contributed by atoms with Crippen LogP contribution in [0.4, 0.5) is 11.4 Å². The quantitative estimate of drug-likeness (QED) is 0.464. The smallest absolute Gasteiger partial charge is 0.282 e. The molecule has 2 rings (SSSR count). The van der Waals surface area contributed by atoms with Crippen LogP contribution >= 0.6 is 0 Å². The third-order valence-electron chi connectivity index (χ3n) is 6.01. The molecule has 1 N–H and O–H groups in total. The van der Waals surface area contributed by atoms with Crippen molar-refractivity contribution >= 4 is 17.3 Å². The molecule has 1 aliphatic rings. The van der Waals surface area contributed by atoms with Gasteiger partial charge in [-0.3, -0.25) is 4.79 Å². The number of likely N-dealkylation sites (tertiary alicyclic amines) is 1. The summed E-state index contributed by atoms with van der Waals surface area (Å²) in [5, 5.41) is 3.23. The number of hydrogen-bond donors (Lipinski definition) is 1. The van der Waals surface area contributed by atoms with Crippen LogP contribution in [0.5, 0.6) is 0 Å². The fraction of sp³-hybridized carbons (Fsp3) is 0.636. The predicted molar refractivity (Wildman–Crippen MR) is 109 cm³/mol. The summed E-state index contributed by atoms with van der Waals surface area (Å²) >= 11 is 0. The van der Waals surface area contributed by atoms with Crippen molar-refractivity contribution in [3.8, 4) is 0 Å². The van der Waals surface area contributed by atoms with E-state index in [0.717, 1.165) is 53.8 Å². The van der Waals surface area contributed by atoms with Gasteiger partial charge in [0, 0.05) is 44.8 Å². The van der Waals surface area contributed by atoms with Gasteiger partial charge in [-0.1, -0.05) is 19.1 Å². The fourth-order valence-electron chi connectivity index (χ4n) is 4.50. The number of aryl methyl sites for hydroxylation is 2. The van der Waals surface area contributed by atoms with Crippen molar-refractivity contribution in [2.45, 2.75) is 72.3 Å². The zero-order valence-corrected chi connectivity index (χ0v) is 20.3. The molecule has 1 amide bonds. The Bertz CT molecular complexity index is 650. The van der Waals surface area contributed by atoms with Crippen molar-refractivity contribution in [1.82, 2.24) is 0 Å². The summed E-state index contributed by atoms with van der Waals surface area (Å²) in [5.74, 6) is 0.150. The maximum absolute atomic E-state index is 13.3. The summed E-state index contributed by atoms with van der Waals surface area (Å²) < 4.78 is 0.928. The number of hydrogen-bond acceptors (Lipinski definition) is 1. The predicted octanol–water partition coefficient (Wildman–Crippen LogP) is 5.37. The summed E-state index contributed by atoms with van der Waals surface area (Å²) in [6, 6.07) is 3.74. The number of carbonyl (C=O) groups is 1. The second-order valence-electron chi connectivity index (χ2n) is 7.76. The van der Waals surface area contributed by atoms with Gasteiger partial charge in [0.05, 0.1) is 26.2 Å². The molecule has 1 radical (unpaired) electrons. The van der Waals surface area contributed by atoms with Gasteiger partial charge in [-0.25, -0.2) is 4.85 Å². The molecule has 1 aromatic rings. The van der Waals surface area contributed by atoms with Crippen molar-refractivity contribution in [1.29, 1.82) is 0 Å². The van der Waals surface area contributed by atoms with Gasteiger partial charge in [0.15, 0.2) is 11.7 Å². The minimum Gasteiger partial charge on any atom is -0.321 e. The Balaban J connectivity index is 0.00000364. The third-order valence-corrected chi connectivity index (χ3v) is 6.01. The number of anilines is 1. The summed E-state index contributed by atoms with van der Waals surface area (Å²) in [6.07, 6.45) is 6.97. The molecule has 1 aliphatic heterocycles. The van der Waals surface area contributed by atoms with Crippen LogP contribution < -0.4 is 5.32 Å². The Hall–Kier alpha value is -0.756. The standard InChI is InChI=1S/C22H33N3O.Y/c1-6-12-20(25(7-2)13-10-8-9-11-14-25)22(26)24-21-17(3)15-19(23-5)16-18(21)4;/h15-16,20H,6-14H2,1-4H3;/p+1. The monoisotopic (exact) mass is 445 g/mol. The van der Waals surface area contributed by atoms with E-state index >= 15 is 0 Å². The van der Waals surface area contributed by atoms with Gasteiger partial charge in [-0.2, -0.15) is 0 Å². The first-order chi connectivity index (χ1) is 12.5. The molecule has 0 aromatic heterocycles. The number of benzene rings is 1. The molecule has 0 saturated carbocycles. The van der Waals surface area contributed by atoms with E-state index in [4.69, 9.17) is 6.57 Å². The van der Waals surface area contributed by atoms with Gasteiger partial charge in [-0.05, 0) is 64.0 Å². The molecule has 0 aliphatic carbocycles. The average Bonchev–Trinajstić information content (AvgIpc) is 2.88. The molecule has 27 heavy (non-hydrogen) atoms. The van der Waals surface area contributed by atoms with E-state index < -0.39 is 0 Å². The second-order valence-corrected chi connectivity index (χ2v) is 7.76. The molecule has 145 valence electrons. The van der Waals surface area contributed by atoms with E-state index in [0.29, 0.717) is 5.69 Å². The van der Waals surface area contributed by atoms with E-state index in [-0.39, 0.29) is 44.7 Å². The maximum Gasteiger partial charge on any atom is 0.282 e. The minimum absolute atomic E-state index is 0. The molecule has 5 heteroatoms. The van der Waals surface area contributed by atoms with E-state index in [1.807, 2.05) is 26.0 Å². The van der Waals surface area contributed by atoms with Crippen molar-refractivity contribution in [3.63, 3.8) is 0 Å². The zero-order chi connectivity index (χ0) is 19.2. The van der Waals surface area contributed by atoms with Crippen molar-refractivity contribution < 1.29 is 42.0 Å². The Morgan fingerprint density at radius 1 is 1.15 bits per heavy atom. The Labute approximate surface area is 190 Å². The summed E-state index contributed by atoms with van der Waals surface area (Å²) in [4.78, 5) is 16.9. The van der Waals surface area contributed by atoms with Crippen LogP contribution in [0.1, 0.15) is 63.5 Å². The van der Waals surface area contributed by atoms with E-state index in [2.05, 4.69) is 24.0 Å². The van der Waals surface area contributed by atoms with Crippen molar-refractivity contribution in [2.24, 2.45) is 0 Å². The first kappa shape index (κ1) is 24.3. The topological polar surface area (TPSA) is 33.5 Å². The van der Waals surface area contributed by atoms with Crippen LogP contribution in [0, 0.1) is 20.4 Å². The molecule has 4 nitrogen and oxygen atoms in total. The first-order valence-corrected chi connectivity index (χ1v) is 10.1. The largest absolute Gasteiger partial charge is 0.321 e. The molecule has 1 atom stereocenters. The summed E-state index contributed by atoms with van der Waals surface area (Å²) in [5.41, 5.74) is 3.46. The first-order valence-electron chi connectivity index (χ1n) is 10.1. The van der Waals surface area contributed by atoms with Gasteiger partial charge in [0.1, 0.15) is 0 Å². The van der Waals surface area contributed by atoms with Crippen LogP contribution in [-0.4, -0.2) is 36.1 Å². The molecule has 1 heterocycles. The van der Waals surface area contributed by atoms with Crippen molar-refractivity contribution in [2.75, 3.05) is 25.0 Å². The third kappa shape index (κ3) is 5.86. The number of nitrogens with one attached hydrogen (secondary N) is 1. The van der Waals surface area contributed by atoms with Gasteiger partial charge in [-0.15, -0.1) is 0 Å². The van der Waals surface area contributed by atoms with Crippen LogP contribution in [0.2, 0.25) is 0 Å². The molecule has 1 saturated heterocycles. The summed E-state index contributed by atoms with van der Waals surface area (Å²) in [6.45, 7) is 18.8. The van der Waals surface area contributed by atoms with Crippen molar-refractivity contribution in [3.05, 3.63) is 34.7 Å². The molecule has 1 unspecified atom stereocenters. The maximum atomic E-state index is 13.3. The molecule has 1 fully saturated rings. The van der Waals surface area contributed by atoms with E-state index in [9.17, 15) is 4.79 Å². The second kappa shape index (κ2) is 11.3. The number of nitrogens with zero attached hydrogens (tertiary/aromatic N) is 2. The number of likely N-dealkylation sites (N-methyl/N-ethyl adjacent to an activating group) is 1. The Kier molecular flexibility index (Phi) is 10.2. The van der Waals surface area contributed by atoms with Gasteiger partial charge in [0.25, 0.3) is 5.91 Å². The number of rotatable bonds is 6. The van der Waals surface area contributed by atoms with Gasteiger partial charge >= 0.3 is 0 Å². The van der Waals surface area contributed by atoms with Crippen LogP contribution in [0.3, 0.4) is 0 Å². The number of amides is 1.